The fraction of sp³-hybridized carbons (Fsp3) is 0.360. The molecule has 28 heavy (non-hydrogen) atoms. The van der Waals surface area contributed by atoms with Gasteiger partial charge in [-0.1, -0.05) is 76.2 Å². The van der Waals surface area contributed by atoms with Crippen LogP contribution in [0.2, 0.25) is 0 Å². The first-order chi connectivity index (χ1) is 13.4. The number of benzene rings is 2. The highest BCUT2D eigenvalue weighted by molar-refractivity contribution is 5.68. The third-order valence-corrected chi connectivity index (χ3v) is 4.97. The van der Waals surface area contributed by atoms with Gasteiger partial charge in [0.05, 0.1) is 5.92 Å². The molecule has 3 aromatic rings. The van der Waals surface area contributed by atoms with Crippen molar-refractivity contribution in [3.05, 3.63) is 82.6 Å². The van der Waals surface area contributed by atoms with Gasteiger partial charge in [0.25, 0.3) is 0 Å². The van der Waals surface area contributed by atoms with Gasteiger partial charge in [-0.2, -0.15) is 0 Å². The Labute approximate surface area is 168 Å². The van der Waals surface area contributed by atoms with E-state index in [4.69, 9.17) is 4.42 Å². The van der Waals surface area contributed by atoms with Crippen molar-refractivity contribution >= 4 is 12.2 Å². The molecule has 0 bridgehead atoms. The lowest BCUT2D eigenvalue weighted by atomic mass is 9.97. The average Bonchev–Trinajstić information content (AvgIpc) is 3.15. The van der Waals surface area contributed by atoms with Crippen molar-refractivity contribution < 1.29 is 4.42 Å². The van der Waals surface area contributed by atoms with Crippen LogP contribution in [0.5, 0.6) is 0 Å². The third-order valence-electron chi connectivity index (χ3n) is 4.97. The summed E-state index contributed by atoms with van der Waals surface area (Å²) in [6, 6.07) is 17.1. The van der Waals surface area contributed by atoms with Crippen molar-refractivity contribution in [3.63, 3.8) is 0 Å². The highest BCUT2D eigenvalue weighted by Gasteiger charge is 2.15. The molecule has 1 unspecified atom stereocenters. The molecule has 0 aliphatic carbocycles. The number of aromatic nitrogens is 2. The lowest BCUT2D eigenvalue weighted by Crippen LogP contribution is -1.98. The van der Waals surface area contributed by atoms with Gasteiger partial charge in [0.15, 0.2) is 0 Å². The van der Waals surface area contributed by atoms with E-state index in [1.54, 1.807) is 0 Å². The largest absolute Gasteiger partial charge is 0.421 e. The van der Waals surface area contributed by atoms with E-state index >= 15 is 0 Å². The molecule has 0 radical (unpaired) electrons. The maximum Gasteiger partial charge on any atom is 0.240 e. The number of hydrogen-bond acceptors (Lipinski definition) is 3. The Bertz CT molecular complexity index is 920. The second-order valence-corrected chi connectivity index (χ2v) is 8.16. The molecular formula is C25H30N2O. The van der Waals surface area contributed by atoms with Crippen molar-refractivity contribution in [3.8, 4) is 0 Å². The molecule has 1 atom stereocenters. The molecule has 0 fully saturated rings. The molecule has 146 valence electrons. The van der Waals surface area contributed by atoms with Crippen molar-refractivity contribution in [2.75, 3.05) is 0 Å². The molecule has 3 rings (SSSR count). The fourth-order valence-electron chi connectivity index (χ4n) is 3.39. The van der Waals surface area contributed by atoms with E-state index in [9.17, 15) is 0 Å². The Morgan fingerprint density at radius 2 is 1.57 bits per heavy atom. The molecule has 0 amide bonds. The number of hydrogen-bond donors (Lipinski definition) is 0. The molecular weight excluding hydrogens is 344 g/mol. The molecule has 0 saturated heterocycles. The van der Waals surface area contributed by atoms with Crippen LogP contribution in [-0.2, 0) is 6.42 Å². The first-order valence-corrected chi connectivity index (χ1v) is 10.1. The van der Waals surface area contributed by atoms with E-state index in [1.807, 2.05) is 6.08 Å². The lowest BCUT2D eigenvalue weighted by Gasteiger charge is -2.09. The van der Waals surface area contributed by atoms with Crippen LogP contribution in [0.4, 0.5) is 0 Å². The second kappa shape index (κ2) is 9.01. The van der Waals surface area contributed by atoms with Gasteiger partial charge in [-0.25, -0.2) is 0 Å². The summed E-state index contributed by atoms with van der Waals surface area (Å²) in [4.78, 5) is 0. The molecule has 0 aliphatic heterocycles. The van der Waals surface area contributed by atoms with E-state index in [2.05, 4.69) is 99.4 Å². The van der Waals surface area contributed by atoms with Crippen LogP contribution in [0, 0.1) is 5.92 Å². The monoisotopic (exact) mass is 374 g/mol. The van der Waals surface area contributed by atoms with Gasteiger partial charge in [0.2, 0.25) is 11.8 Å². The van der Waals surface area contributed by atoms with Crippen molar-refractivity contribution in [1.82, 2.24) is 10.2 Å². The average molecular weight is 375 g/mol. The van der Waals surface area contributed by atoms with E-state index < -0.39 is 0 Å². The van der Waals surface area contributed by atoms with Gasteiger partial charge < -0.3 is 4.42 Å². The maximum absolute atomic E-state index is 5.91. The zero-order valence-corrected chi connectivity index (χ0v) is 17.5. The zero-order valence-electron chi connectivity index (χ0n) is 17.5. The van der Waals surface area contributed by atoms with Crippen LogP contribution in [0.1, 0.15) is 80.5 Å². The van der Waals surface area contributed by atoms with Gasteiger partial charge in [-0.3, -0.25) is 0 Å². The van der Waals surface area contributed by atoms with Crippen LogP contribution < -0.4 is 0 Å². The van der Waals surface area contributed by atoms with Crippen LogP contribution in [0.3, 0.4) is 0 Å². The molecule has 1 aromatic heterocycles. The van der Waals surface area contributed by atoms with Gasteiger partial charge >= 0.3 is 0 Å². The zero-order chi connectivity index (χ0) is 20.1. The predicted molar refractivity (Wildman–Crippen MR) is 116 cm³/mol. The van der Waals surface area contributed by atoms with Crippen molar-refractivity contribution in [2.24, 2.45) is 5.92 Å². The van der Waals surface area contributed by atoms with Gasteiger partial charge in [0.1, 0.15) is 0 Å². The minimum Gasteiger partial charge on any atom is -0.421 e. The Morgan fingerprint density at radius 3 is 2.25 bits per heavy atom. The number of rotatable bonds is 7. The highest BCUT2D eigenvalue weighted by Crippen LogP contribution is 2.25. The normalized spacial score (nSPS) is 13.0. The molecule has 0 saturated carbocycles. The summed E-state index contributed by atoms with van der Waals surface area (Å²) in [5, 5.41) is 8.47. The minimum absolute atomic E-state index is 0.0747. The standard InChI is InChI=1S/C25H30N2O/c1-17(2)16-20-10-12-21(13-11-20)19(5)25-27-26-24(28-25)15-14-22-8-6-7-9-23(22)18(3)4/h6-15,17-19H,16H2,1-5H3/b15-14+. The van der Waals surface area contributed by atoms with Gasteiger partial charge in [0, 0.05) is 6.08 Å². The summed E-state index contributed by atoms with van der Waals surface area (Å²) in [5.41, 5.74) is 5.06. The SMILES string of the molecule is CC(C)Cc1ccc(C(C)c2nnc(/C=C/c3ccccc3C(C)C)o2)cc1. The Morgan fingerprint density at radius 1 is 0.857 bits per heavy atom. The number of nitrogens with zero attached hydrogens (tertiary/aromatic N) is 2. The van der Waals surface area contributed by atoms with Crippen molar-refractivity contribution in [1.29, 1.82) is 0 Å². The fourth-order valence-corrected chi connectivity index (χ4v) is 3.39. The molecule has 0 N–H and O–H groups in total. The summed E-state index contributed by atoms with van der Waals surface area (Å²) in [6.45, 7) is 11.0. The first-order valence-electron chi connectivity index (χ1n) is 10.1. The van der Waals surface area contributed by atoms with Gasteiger partial charge in [-0.05, 0) is 53.5 Å². The van der Waals surface area contributed by atoms with Crippen LogP contribution in [-0.4, -0.2) is 10.2 Å². The quantitative estimate of drug-likeness (QED) is 0.461. The molecule has 0 aliphatic rings. The summed E-state index contributed by atoms with van der Waals surface area (Å²) in [5.74, 6) is 2.39. The Hall–Kier alpha value is -2.68. The van der Waals surface area contributed by atoms with E-state index in [0.717, 1.165) is 6.42 Å². The molecule has 3 heteroatoms. The summed E-state index contributed by atoms with van der Waals surface area (Å²) in [7, 11) is 0. The van der Waals surface area contributed by atoms with E-state index in [0.29, 0.717) is 23.6 Å². The molecule has 3 nitrogen and oxygen atoms in total. The minimum atomic E-state index is 0.0747. The Kier molecular flexibility index (Phi) is 6.45. The molecule has 0 spiro atoms. The van der Waals surface area contributed by atoms with E-state index in [1.165, 1.54) is 22.3 Å². The van der Waals surface area contributed by atoms with Crippen LogP contribution in [0.25, 0.3) is 12.2 Å². The van der Waals surface area contributed by atoms with Crippen LogP contribution in [0.15, 0.2) is 52.9 Å². The van der Waals surface area contributed by atoms with Crippen LogP contribution >= 0.6 is 0 Å². The second-order valence-electron chi connectivity index (χ2n) is 8.16. The predicted octanol–water partition coefficient (Wildman–Crippen LogP) is 6.71. The summed E-state index contributed by atoms with van der Waals surface area (Å²) < 4.78 is 5.91. The molecule has 2 aromatic carbocycles. The Balaban J connectivity index is 1.73. The maximum atomic E-state index is 5.91. The van der Waals surface area contributed by atoms with E-state index in [-0.39, 0.29) is 5.92 Å². The summed E-state index contributed by atoms with van der Waals surface area (Å²) in [6.07, 6.45) is 5.05. The van der Waals surface area contributed by atoms with Gasteiger partial charge in [-0.15, -0.1) is 10.2 Å². The lowest BCUT2D eigenvalue weighted by molar-refractivity contribution is 0.472. The topological polar surface area (TPSA) is 38.9 Å². The molecule has 1 heterocycles. The third kappa shape index (κ3) is 4.98. The highest BCUT2D eigenvalue weighted by atomic mass is 16.4. The smallest absolute Gasteiger partial charge is 0.240 e. The summed E-state index contributed by atoms with van der Waals surface area (Å²) >= 11 is 0. The van der Waals surface area contributed by atoms with Crippen molar-refractivity contribution in [2.45, 2.75) is 52.9 Å². The first kappa shape index (κ1) is 20.1.